The van der Waals surface area contributed by atoms with Gasteiger partial charge in [-0.3, -0.25) is 0 Å². The second-order valence-corrected chi connectivity index (χ2v) is 3.87. The number of benzene rings is 1. The van der Waals surface area contributed by atoms with E-state index in [-0.39, 0.29) is 0 Å². The Morgan fingerprint density at radius 1 is 1.36 bits per heavy atom. The molecule has 0 aliphatic carbocycles. The van der Waals surface area contributed by atoms with Gasteiger partial charge in [0.15, 0.2) is 0 Å². The van der Waals surface area contributed by atoms with Crippen LogP contribution in [0.25, 0.3) is 0 Å². The summed E-state index contributed by atoms with van der Waals surface area (Å²) in [5.41, 5.74) is 1.39. The molecule has 14 heavy (non-hydrogen) atoms. The molecular formula is C9H13BClNO2. The zero-order valence-electron chi connectivity index (χ0n) is 8.24. The molecule has 0 bridgehead atoms. The molecule has 0 aromatic heterocycles. The molecule has 0 aliphatic heterocycles. The number of hydrogen-bond acceptors (Lipinski definition) is 3. The quantitative estimate of drug-likeness (QED) is 0.699. The molecule has 0 fully saturated rings. The van der Waals surface area contributed by atoms with Crippen LogP contribution < -0.4 is 5.46 Å². The maximum absolute atomic E-state index is 8.94. The van der Waals surface area contributed by atoms with Crippen LogP contribution in [0.1, 0.15) is 5.56 Å². The van der Waals surface area contributed by atoms with E-state index in [0.717, 1.165) is 12.1 Å². The predicted molar refractivity (Wildman–Crippen MR) is 58.7 cm³/mol. The number of halogens is 1. The summed E-state index contributed by atoms with van der Waals surface area (Å²) in [5, 5.41) is 18.3. The van der Waals surface area contributed by atoms with Crippen molar-refractivity contribution >= 4 is 24.2 Å². The Balaban J connectivity index is 2.89. The standard InChI is InChI=1S/C9H13BClNO2/c1-12(2)6-7-3-4-8(10(13)14)9(11)5-7/h3-5,13-14H,6H2,1-2H3. The topological polar surface area (TPSA) is 43.7 Å². The Morgan fingerprint density at radius 3 is 2.43 bits per heavy atom. The first-order chi connectivity index (χ1) is 6.50. The van der Waals surface area contributed by atoms with Gasteiger partial charge < -0.3 is 14.9 Å². The Hall–Kier alpha value is -0.545. The largest absolute Gasteiger partial charge is 0.489 e. The van der Waals surface area contributed by atoms with E-state index >= 15 is 0 Å². The fourth-order valence-corrected chi connectivity index (χ4v) is 1.54. The molecule has 1 aromatic rings. The van der Waals surface area contributed by atoms with Gasteiger partial charge in [-0.25, -0.2) is 0 Å². The van der Waals surface area contributed by atoms with Crippen LogP contribution in [0, 0.1) is 0 Å². The molecule has 0 radical (unpaired) electrons. The molecule has 0 saturated carbocycles. The van der Waals surface area contributed by atoms with E-state index < -0.39 is 7.12 Å². The number of nitrogens with zero attached hydrogens (tertiary/aromatic N) is 1. The van der Waals surface area contributed by atoms with E-state index in [0.29, 0.717) is 10.5 Å². The smallest absolute Gasteiger partial charge is 0.423 e. The normalized spacial score (nSPS) is 10.7. The van der Waals surface area contributed by atoms with Crippen LogP contribution >= 0.6 is 11.6 Å². The highest BCUT2D eigenvalue weighted by molar-refractivity contribution is 6.62. The molecule has 3 nitrogen and oxygen atoms in total. The first-order valence-corrected chi connectivity index (χ1v) is 4.67. The molecule has 0 aliphatic rings. The van der Waals surface area contributed by atoms with Crippen molar-refractivity contribution in [3.63, 3.8) is 0 Å². The summed E-state index contributed by atoms with van der Waals surface area (Å²) in [6.45, 7) is 0.779. The first kappa shape index (κ1) is 11.5. The molecule has 2 N–H and O–H groups in total. The molecule has 1 aromatic carbocycles. The Bertz CT molecular complexity index is 318. The first-order valence-electron chi connectivity index (χ1n) is 4.30. The number of rotatable bonds is 3. The lowest BCUT2D eigenvalue weighted by atomic mass is 9.80. The van der Waals surface area contributed by atoms with Gasteiger partial charge in [0, 0.05) is 17.0 Å². The van der Waals surface area contributed by atoms with E-state index in [2.05, 4.69) is 0 Å². The lowest BCUT2D eigenvalue weighted by molar-refractivity contribution is 0.402. The number of hydrogen-bond donors (Lipinski definition) is 2. The summed E-state index contributed by atoms with van der Waals surface area (Å²) in [7, 11) is 2.42. The third-order valence-electron chi connectivity index (χ3n) is 1.84. The van der Waals surface area contributed by atoms with E-state index in [9.17, 15) is 0 Å². The summed E-state index contributed by atoms with van der Waals surface area (Å²) < 4.78 is 0. The summed E-state index contributed by atoms with van der Waals surface area (Å²) in [4.78, 5) is 2.01. The Labute approximate surface area is 89.1 Å². The van der Waals surface area contributed by atoms with Crippen LogP contribution in [0.2, 0.25) is 5.02 Å². The maximum Gasteiger partial charge on any atom is 0.489 e. The van der Waals surface area contributed by atoms with Crippen LogP contribution in [-0.2, 0) is 6.54 Å². The van der Waals surface area contributed by atoms with Gasteiger partial charge in [-0.05, 0) is 25.7 Å². The van der Waals surface area contributed by atoms with Crippen LogP contribution in [-0.4, -0.2) is 36.2 Å². The molecule has 76 valence electrons. The highest BCUT2D eigenvalue weighted by Crippen LogP contribution is 2.10. The average Bonchev–Trinajstić information content (AvgIpc) is 2.01. The Morgan fingerprint density at radius 2 is 2.00 bits per heavy atom. The third-order valence-corrected chi connectivity index (χ3v) is 2.17. The minimum absolute atomic E-state index is 0.342. The zero-order chi connectivity index (χ0) is 10.7. The van der Waals surface area contributed by atoms with Gasteiger partial charge in [0.2, 0.25) is 0 Å². The van der Waals surface area contributed by atoms with Crippen molar-refractivity contribution in [1.82, 2.24) is 4.90 Å². The van der Waals surface area contributed by atoms with Crippen molar-refractivity contribution in [2.24, 2.45) is 0 Å². The summed E-state index contributed by atoms with van der Waals surface area (Å²) in [6, 6.07) is 5.21. The van der Waals surface area contributed by atoms with Gasteiger partial charge in [-0.15, -0.1) is 0 Å². The summed E-state index contributed by atoms with van der Waals surface area (Å²) >= 11 is 5.87. The molecule has 5 heteroatoms. The van der Waals surface area contributed by atoms with Crippen molar-refractivity contribution in [1.29, 1.82) is 0 Å². The van der Waals surface area contributed by atoms with Gasteiger partial charge >= 0.3 is 7.12 Å². The van der Waals surface area contributed by atoms with E-state index in [1.165, 1.54) is 0 Å². The van der Waals surface area contributed by atoms with Crippen molar-refractivity contribution < 1.29 is 10.0 Å². The van der Waals surface area contributed by atoms with Crippen molar-refractivity contribution in [3.05, 3.63) is 28.8 Å². The van der Waals surface area contributed by atoms with Gasteiger partial charge in [-0.1, -0.05) is 23.7 Å². The van der Waals surface area contributed by atoms with Crippen LogP contribution in [0.5, 0.6) is 0 Å². The fraction of sp³-hybridized carbons (Fsp3) is 0.333. The monoisotopic (exact) mass is 213 g/mol. The van der Waals surface area contributed by atoms with Crippen LogP contribution in [0.4, 0.5) is 0 Å². The van der Waals surface area contributed by atoms with Gasteiger partial charge in [-0.2, -0.15) is 0 Å². The van der Waals surface area contributed by atoms with Crippen molar-refractivity contribution in [2.45, 2.75) is 6.54 Å². The van der Waals surface area contributed by atoms with Gasteiger partial charge in [0.25, 0.3) is 0 Å². The minimum atomic E-state index is -1.50. The highest BCUT2D eigenvalue weighted by atomic mass is 35.5. The second kappa shape index (κ2) is 4.80. The molecule has 0 unspecified atom stereocenters. The maximum atomic E-state index is 8.94. The summed E-state index contributed by atoms with van der Waals surface area (Å²) in [6.07, 6.45) is 0. The van der Waals surface area contributed by atoms with Gasteiger partial charge in [0.1, 0.15) is 0 Å². The molecule has 1 rings (SSSR count). The fourth-order valence-electron chi connectivity index (χ4n) is 1.24. The Kier molecular flexibility index (Phi) is 3.95. The highest BCUT2D eigenvalue weighted by Gasteiger charge is 2.14. The predicted octanol–water partition coefficient (Wildman–Crippen LogP) is 0.0814. The van der Waals surface area contributed by atoms with E-state index in [1.807, 2.05) is 25.1 Å². The average molecular weight is 213 g/mol. The van der Waals surface area contributed by atoms with Crippen LogP contribution in [0.15, 0.2) is 18.2 Å². The van der Waals surface area contributed by atoms with E-state index in [1.54, 1.807) is 12.1 Å². The van der Waals surface area contributed by atoms with Crippen LogP contribution in [0.3, 0.4) is 0 Å². The minimum Gasteiger partial charge on any atom is -0.423 e. The molecule has 0 saturated heterocycles. The zero-order valence-corrected chi connectivity index (χ0v) is 8.99. The lowest BCUT2D eigenvalue weighted by Gasteiger charge is -2.11. The summed E-state index contributed by atoms with van der Waals surface area (Å²) in [5.74, 6) is 0. The van der Waals surface area contributed by atoms with E-state index in [4.69, 9.17) is 21.6 Å². The molecular weight excluding hydrogens is 200 g/mol. The van der Waals surface area contributed by atoms with Gasteiger partial charge in [0.05, 0.1) is 0 Å². The third kappa shape index (κ3) is 2.99. The second-order valence-electron chi connectivity index (χ2n) is 3.47. The van der Waals surface area contributed by atoms with Crippen molar-refractivity contribution in [2.75, 3.05) is 14.1 Å². The van der Waals surface area contributed by atoms with Crippen molar-refractivity contribution in [3.8, 4) is 0 Å². The molecule has 0 heterocycles. The molecule has 0 amide bonds. The lowest BCUT2D eigenvalue weighted by Crippen LogP contribution is -2.30. The molecule has 0 spiro atoms. The SMILES string of the molecule is CN(C)Cc1ccc(B(O)O)c(Cl)c1. The molecule has 0 atom stereocenters.